The van der Waals surface area contributed by atoms with Crippen molar-refractivity contribution in [1.82, 2.24) is 5.32 Å². The maximum atomic E-state index is 12.6. The van der Waals surface area contributed by atoms with Crippen LogP contribution in [0.2, 0.25) is 0 Å². The maximum absolute atomic E-state index is 12.6. The molecule has 110 valence electrons. The number of benzene rings is 1. The highest BCUT2D eigenvalue weighted by Crippen LogP contribution is 2.30. The molecule has 1 aromatic carbocycles. The van der Waals surface area contributed by atoms with Crippen LogP contribution in [0.4, 0.5) is 13.2 Å². The minimum atomic E-state index is -4.32. The topological polar surface area (TPSA) is 46.2 Å². The fourth-order valence-electron chi connectivity index (χ4n) is 2.13. The fourth-order valence-corrected chi connectivity index (χ4v) is 3.38. The summed E-state index contributed by atoms with van der Waals surface area (Å²) < 4.78 is 60.5. The first kappa shape index (κ1) is 15.1. The third-order valence-electron chi connectivity index (χ3n) is 2.98. The van der Waals surface area contributed by atoms with E-state index >= 15 is 0 Å². The Labute approximate surface area is 115 Å². The lowest BCUT2D eigenvalue weighted by Gasteiger charge is -2.23. The van der Waals surface area contributed by atoms with Gasteiger partial charge in [-0.2, -0.15) is 13.2 Å². The van der Waals surface area contributed by atoms with Crippen LogP contribution in [0.1, 0.15) is 18.0 Å². The molecule has 0 aliphatic carbocycles. The van der Waals surface area contributed by atoms with Gasteiger partial charge in [-0.05, 0) is 5.56 Å². The second kappa shape index (κ2) is 5.57. The normalized spacial score (nSPS) is 22.9. The highest BCUT2D eigenvalue weighted by Gasteiger charge is 2.34. The van der Waals surface area contributed by atoms with Crippen LogP contribution in [-0.4, -0.2) is 26.4 Å². The van der Waals surface area contributed by atoms with Crippen molar-refractivity contribution < 1.29 is 21.6 Å². The van der Waals surface area contributed by atoms with E-state index in [0.717, 1.165) is 5.41 Å². The van der Waals surface area contributed by atoms with Crippen LogP contribution in [0.25, 0.3) is 0 Å². The Kier molecular flexibility index (Phi) is 4.19. The quantitative estimate of drug-likeness (QED) is 0.930. The first-order valence-electron chi connectivity index (χ1n) is 6.04. The molecule has 2 rings (SSSR count). The predicted octanol–water partition coefficient (Wildman–Crippen LogP) is 2.58. The van der Waals surface area contributed by atoms with E-state index in [1.807, 2.05) is 0 Å². The Morgan fingerprint density at radius 2 is 1.90 bits per heavy atom. The Bertz CT molecular complexity index is 581. The molecule has 1 N–H and O–H groups in total. The van der Waals surface area contributed by atoms with Crippen LogP contribution in [0.3, 0.4) is 0 Å². The van der Waals surface area contributed by atoms with E-state index in [9.17, 15) is 21.6 Å². The van der Waals surface area contributed by atoms with Crippen molar-refractivity contribution in [3.8, 4) is 0 Å². The summed E-state index contributed by atoms with van der Waals surface area (Å²) in [4.78, 5) is 0. The van der Waals surface area contributed by atoms with Crippen LogP contribution in [0.5, 0.6) is 0 Å². The Morgan fingerprint density at radius 1 is 1.25 bits per heavy atom. The maximum Gasteiger partial charge on any atom is 0.390 e. The number of nitrogens with one attached hydrogen (secondary N) is 1. The Hall–Kier alpha value is -1.34. The number of hydrogen-bond acceptors (Lipinski definition) is 3. The summed E-state index contributed by atoms with van der Waals surface area (Å²) in [5.74, 6) is -0.200. The van der Waals surface area contributed by atoms with Crippen LogP contribution in [-0.2, 0) is 9.84 Å². The summed E-state index contributed by atoms with van der Waals surface area (Å²) in [5, 5.41) is 3.80. The molecular formula is C13H14F3NO2S. The first-order chi connectivity index (χ1) is 9.25. The standard InChI is InChI=1S/C13H14F3NO2S/c14-13(15,16)8-12(10-4-2-1-3-5-10)17-11-6-7-20(18,19)9-11/h1-7,11-12,17H,8-9H2. The monoisotopic (exact) mass is 305 g/mol. The molecule has 1 aliphatic heterocycles. The van der Waals surface area contributed by atoms with E-state index in [2.05, 4.69) is 5.32 Å². The van der Waals surface area contributed by atoms with Crippen molar-refractivity contribution in [3.63, 3.8) is 0 Å². The summed E-state index contributed by atoms with van der Waals surface area (Å²) >= 11 is 0. The number of hydrogen-bond donors (Lipinski definition) is 1. The lowest BCUT2D eigenvalue weighted by atomic mass is 10.0. The van der Waals surface area contributed by atoms with Gasteiger partial charge in [0.25, 0.3) is 0 Å². The molecule has 3 nitrogen and oxygen atoms in total. The molecule has 0 bridgehead atoms. The molecule has 1 heterocycles. The first-order valence-corrected chi connectivity index (χ1v) is 7.75. The zero-order valence-electron chi connectivity index (χ0n) is 10.5. The van der Waals surface area contributed by atoms with Gasteiger partial charge in [0.1, 0.15) is 0 Å². The molecule has 2 atom stereocenters. The van der Waals surface area contributed by atoms with Gasteiger partial charge in [-0.1, -0.05) is 36.4 Å². The average molecular weight is 305 g/mol. The molecule has 0 aromatic heterocycles. The molecule has 0 radical (unpaired) electrons. The molecule has 0 saturated carbocycles. The van der Waals surface area contributed by atoms with Crippen molar-refractivity contribution in [2.45, 2.75) is 24.7 Å². The van der Waals surface area contributed by atoms with E-state index in [1.54, 1.807) is 30.3 Å². The van der Waals surface area contributed by atoms with Gasteiger partial charge in [0.15, 0.2) is 9.84 Å². The highest BCUT2D eigenvalue weighted by atomic mass is 32.2. The van der Waals surface area contributed by atoms with Crippen molar-refractivity contribution in [2.24, 2.45) is 0 Å². The molecule has 7 heteroatoms. The second-order valence-electron chi connectivity index (χ2n) is 4.71. The zero-order chi connectivity index (χ0) is 14.8. The molecule has 0 saturated heterocycles. The van der Waals surface area contributed by atoms with Gasteiger partial charge in [-0.3, -0.25) is 0 Å². The van der Waals surface area contributed by atoms with Gasteiger partial charge in [0.05, 0.1) is 12.2 Å². The summed E-state index contributed by atoms with van der Waals surface area (Å²) in [5.41, 5.74) is 0.488. The Morgan fingerprint density at radius 3 is 2.40 bits per heavy atom. The largest absolute Gasteiger partial charge is 0.390 e. The van der Waals surface area contributed by atoms with Gasteiger partial charge in [0.2, 0.25) is 0 Å². The summed E-state index contributed by atoms with van der Waals surface area (Å²) in [7, 11) is -3.29. The van der Waals surface area contributed by atoms with E-state index in [0.29, 0.717) is 5.56 Å². The van der Waals surface area contributed by atoms with Gasteiger partial charge >= 0.3 is 6.18 Å². The van der Waals surface area contributed by atoms with Crippen LogP contribution >= 0.6 is 0 Å². The lowest BCUT2D eigenvalue weighted by Crippen LogP contribution is -2.36. The molecule has 0 amide bonds. The molecular weight excluding hydrogens is 291 g/mol. The molecule has 0 spiro atoms. The second-order valence-corrected chi connectivity index (χ2v) is 6.65. The van der Waals surface area contributed by atoms with Gasteiger partial charge in [-0.15, -0.1) is 0 Å². The summed E-state index contributed by atoms with van der Waals surface area (Å²) in [6.07, 6.45) is -3.97. The van der Waals surface area contributed by atoms with Gasteiger partial charge < -0.3 is 5.32 Å². The smallest absolute Gasteiger partial charge is 0.302 e. The number of alkyl halides is 3. The van der Waals surface area contributed by atoms with Crippen molar-refractivity contribution in [3.05, 3.63) is 47.4 Å². The van der Waals surface area contributed by atoms with Crippen LogP contribution in [0.15, 0.2) is 41.8 Å². The number of sulfone groups is 1. The SMILES string of the molecule is O=S1(=O)C=CC(NC(CC(F)(F)F)c2ccccc2)C1. The number of rotatable bonds is 4. The zero-order valence-corrected chi connectivity index (χ0v) is 11.3. The molecule has 1 aliphatic rings. The van der Waals surface area contributed by atoms with Gasteiger partial charge in [-0.25, -0.2) is 8.42 Å². The van der Waals surface area contributed by atoms with E-state index in [4.69, 9.17) is 0 Å². The minimum Gasteiger partial charge on any atom is -0.302 e. The van der Waals surface area contributed by atoms with E-state index in [1.165, 1.54) is 6.08 Å². The molecule has 1 aromatic rings. The molecule has 20 heavy (non-hydrogen) atoms. The van der Waals surface area contributed by atoms with Crippen LogP contribution < -0.4 is 5.32 Å². The minimum absolute atomic E-state index is 0.200. The predicted molar refractivity (Wildman–Crippen MR) is 69.7 cm³/mol. The third kappa shape index (κ3) is 4.35. The van der Waals surface area contributed by atoms with Crippen molar-refractivity contribution in [1.29, 1.82) is 0 Å². The average Bonchev–Trinajstić information content (AvgIpc) is 2.67. The van der Waals surface area contributed by atoms with Crippen LogP contribution in [0, 0.1) is 0 Å². The fraction of sp³-hybridized carbons (Fsp3) is 0.385. The Balaban J connectivity index is 2.14. The van der Waals surface area contributed by atoms with Gasteiger partial charge in [0, 0.05) is 17.5 Å². The number of halogens is 3. The van der Waals surface area contributed by atoms with Crippen molar-refractivity contribution >= 4 is 9.84 Å². The third-order valence-corrected chi connectivity index (χ3v) is 4.38. The molecule has 0 fully saturated rings. The lowest BCUT2D eigenvalue weighted by molar-refractivity contribution is -0.140. The molecule has 2 unspecified atom stereocenters. The van der Waals surface area contributed by atoms with E-state index < -0.39 is 34.5 Å². The van der Waals surface area contributed by atoms with E-state index in [-0.39, 0.29) is 5.75 Å². The summed E-state index contributed by atoms with van der Waals surface area (Å²) in [6, 6.07) is 6.66. The highest BCUT2D eigenvalue weighted by molar-refractivity contribution is 7.94. The van der Waals surface area contributed by atoms with Crippen molar-refractivity contribution in [2.75, 3.05) is 5.75 Å². The summed E-state index contributed by atoms with van der Waals surface area (Å²) in [6.45, 7) is 0.